The van der Waals surface area contributed by atoms with Gasteiger partial charge < -0.3 is 0 Å². The molecule has 0 spiro atoms. The SMILES string of the molecule is CC1(C)c2cc(-c3ccc(-c4nc(-c5ccccc5)cc(-c5cc(-c6ccccc6)ccc5-c5ccccc5)n4)c4ccccc34)ccc2-c2cc3ccccc3cc21. The van der Waals surface area contributed by atoms with Gasteiger partial charge in [0.1, 0.15) is 0 Å². The molecule has 2 heteroatoms. The lowest BCUT2D eigenvalue weighted by Crippen LogP contribution is -2.15. The molecule has 0 aliphatic heterocycles. The second kappa shape index (κ2) is 13.9. The molecule has 0 N–H and O–H groups in total. The highest BCUT2D eigenvalue weighted by Gasteiger charge is 2.36. The van der Waals surface area contributed by atoms with E-state index < -0.39 is 0 Å². The second-order valence-corrected chi connectivity index (χ2v) is 16.2. The number of aromatic nitrogens is 2. The van der Waals surface area contributed by atoms with Crippen LogP contribution in [-0.4, -0.2) is 9.97 Å². The predicted octanol–water partition coefficient (Wildman–Crippen LogP) is 15.1. The first-order valence-electron chi connectivity index (χ1n) is 20.4. The van der Waals surface area contributed by atoms with Gasteiger partial charge in [0.05, 0.1) is 11.4 Å². The van der Waals surface area contributed by atoms with E-state index in [0.717, 1.165) is 50.2 Å². The Labute approximate surface area is 345 Å². The molecule has 1 aliphatic carbocycles. The molecule has 0 unspecified atom stereocenters. The average Bonchev–Trinajstić information content (AvgIpc) is 3.52. The maximum Gasteiger partial charge on any atom is 0.161 e. The third-order valence-corrected chi connectivity index (χ3v) is 12.3. The van der Waals surface area contributed by atoms with Crippen LogP contribution in [0.3, 0.4) is 0 Å². The van der Waals surface area contributed by atoms with Gasteiger partial charge in [0.25, 0.3) is 0 Å². The molecule has 0 bridgehead atoms. The summed E-state index contributed by atoms with van der Waals surface area (Å²) in [5, 5.41) is 4.87. The Balaban J connectivity index is 1.09. The quantitative estimate of drug-likeness (QED) is 0.169. The van der Waals surface area contributed by atoms with Gasteiger partial charge in [-0.25, -0.2) is 9.97 Å². The van der Waals surface area contributed by atoms with Gasteiger partial charge in [0.15, 0.2) is 5.82 Å². The average molecular weight is 753 g/mol. The summed E-state index contributed by atoms with van der Waals surface area (Å²) in [5.74, 6) is 0.700. The van der Waals surface area contributed by atoms with E-state index in [4.69, 9.17) is 9.97 Å². The summed E-state index contributed by atoms with van der Waals surface area (Å²) in [7, 11) is 0. The fourth-order valence-electron chi connectivity index (χ4n) is 9.23. The van der Waals surface area contributed by atoms with Crippen molar-refractivity contribution < 1.29 is 0 Å². The summed E-state index contributed by atoms with van der Waals surface area (Å²) in [6.07, 6.45) is 0. The van der Waals surface area contributed by atoms with Crippen molar-refractivity contribution in [2.75, 3.05) is 0 Å². The van der Waals surface area contributed by atoms with Gasteiger partial charge in [0, 0.05) is 22.1 Å². The molecule has 1 aliphatic rings. The zero-order valence-electron chi connectivity index (χ0n) is 33.0. The van der Waals surface area contributed by atoms with E-state index in [9.17, 15) is 0 Å². The van der Waals surface area contributed by atoms with Crippen LogP contribution in [0.4, 0.5) is 0 Å². The first-order chi connectivity index (χ1) is 29.0. The fourth-order valence-corrected chi connectivity index (χ4v) is 9.23. The lowest BCUT2D eigenvalue weighted by Gasteiger charge is -2.22. The van der Waals surface area contributed by atoms with E-state index >= 15 is 0 Å². The minimum atomic E-state index is -0.126. The number of nitrogens with zero attached hydrogens (tertiary/aromatic N) is 2. The molecule has 2 nitrogen and oxygen atoms in total. The number of hydrogen-bond acceptors (Lipinski definition) is 2. The molecule has 1 aromatic heterocycles. The molecule has 10 aromatic rings. The summed E-state index contributed by atoms with van der Waals surface area (Å²) in [5.41, 5.74) is 17.2. The van der Waals surface area contributed by atoms with Crippen LogP contribution in [-0.2, 0) is 5.41 Å². The molecular formula is C57H40N2. The van der Waals surface area contributed by atoms with Crippen molar-refractivity contribution in [3.8, 4) is 78.4 Å². The van der Waals surface area contributed by atoms with Crippen LogP contribution in [0.25, 0.3) is 100.0 Å². The summed E-state index contributed by atoms with van der Waals surface area (Å²) < 4.78 is 0. The molecule has 0 radical (unpaired) electrons. The summed E-state index contributed by atoms with van der Waals surface area (Å²) in [4.78, 5) is 10.8. The molecule has 11 rings (SSSR count). The number of hydrogen-bond donors (Lipinski definition) is 0. The Morgan fingerprint density at radius 2 is 0.831 bits per heavy atom. The first-order valence-corrected chi connectivity index (χ1v) is 20.4. The van der Waals surface area contributed by atoms with Gasteiger partial charge in [-0.15, -0.1) is 0 Å². The number of rotatable bonds is 6. The molecule has 0 saturated heterocycles. The second-order valence-electron chi connectivity index (χ2n) is 16.2. The van der Waals surface area contributed by atoms with E-state index in [1.54, 1.807) is 0 Å². The monoisotopic (exact) mass is 752 g/mol. The van der Waals surface area contributed by atoms with Gasteiger partial charge in [-0.05, 0) is 114 Å². The van der Waals surface area contributed by atoms with E-state index in [-0.39, 0.29) is 5.41 Å². The van der Waals surface area contributed by atoms with Crippen LogP contribution >= 0.6 is 0 Å². The van der Waals surface area contributed by atoms with Crippen molar-refractivity contribution in [3.63, 3.8) is 0 Å². The Morgan fingerprint density at radius 3 is 1.56 bits per heavy atom. The Hall–Kier alpha value is -7.42. The minimum absolute atomic E-state index is 0.126. The van der Waals surface area contributed by atoms with Crippen molar-refractivity contribution >= 4 is 21.5 Å². The largest absolute Gasteiger partial charge is 0.228 e. The van der Waals surface area contributed by atoms with Gasteiger partial charge >= 0.3 is 0 Å². The Bertz CT molecular complexity index is 3220. The van der Waals surface area contributed by atoms with Crippen LogP contribution in [0.1, 0.15) is 25.0 Å². The maximum absolute atomic E-state index is 5.47. The van der Waals surface area contributed by atoms with Gasteiger partial charge in [0.2, 0.25) is 0 Å². The highest BCUT2D eigenvalue weighted by molar-refractivity contribution is 6.05. The predicted molar refractivity (Wildman–Crippen MR) is 247 cm³/mol. The maximum atomic E-state index is 5.47. The molecule has 0 amide bonds. The molecule has 1 heterocycles. The van der Waals surface area contributed by atoms with E-state index in [0.29, 0.717) is 5.82 Å². The smallest absolute Gasteiger partial charge is 0.161 e. The van der Waals surface area contributed by atoms with E-state index in [1.807, 2.05) is 0 Å². The molecule has 59 heavy (non-hydrogen) atoms. The van der Waals surface area contributed by atoms with E-state index in [1.165, 1.54) is 55.1 Å². The topological polar surface area (TPSA) is 25.8 Å². The first kappa shape index (κ1) is 34.8. The fraction of sp³-hybridized carbons (Fsp3) is 0.0526. The summed E-state index contributed by atoms with van der Waals surface area (Å²) in [6.45, 7) is 4.73. The van der Waals surface area contributed by atoms with Crippen molar-refractivity contribution in [3.05, 3.63) is 217 Å². The van der Waals surface area contributed by atoms with E-state index in [2.05, 4.69) is 220 Å². The highest BCUT2D eigenvalue weighted by atomic mass is 14.9. The zero-order chi connectivity index (χ0) is 39.5. The third-order valence-electron chi connectivity index (χ3n) is 12.3. The standard InChI is InChI=1S/C57H40N2/c1-57(2)52-35-43(27-29-48(52)50-32-40-22-12-13-23-41(40)34-53(50)57)45-30-31-49(47-25-15-14-24-46(45)47)56-58-54(39-20-10-5-11-21-39)36-55(59-56)51-33-42(37-16-6-3-7-17-37)26-28-44(51)38-18-8-4-9-19-38/h3-36H,1-2H3. The van der Waals surface area contributed by atoms with Crippen LogP contribution in [0.15, 0.2) is 206 Å². The number of benzene rings is 9. The number of fused-ring (bicyclic) bond motifs is 5. The van der Waals surface area contributed by atoms with Crippen LogP contribution < -0.4 is 0 Å². The van der Waals surface area contributed by atoms with Crippen molar-refractivity contribution in [1.82, 2.24) is 9.97 Å². The summed E-state index contributed by atoms with van der Waals surface area (Å²) >= 11 is 0. The molecule has 278 valence electrons. The van der Waals surface area contributed by atoms with Crippen LogP contribution in [0, 0.1) is 0 Å². The zero-order valence-corrected chi connectivity index (χ0v) is 33.0. The van der Waals surface area contributed by atoms with Crippen molar-refractivity contribution in [2.24, 2.45) is 0 Å². The van der Waals surface area contributed by atoms with Gasteiger partial charge in [-0.2, -0.15) is 0 Å². The molecule has 9 aromatic carbocycles. The van der Waals surface area contributed by atoms with Crippen LogP contribution in [0.5, 0.6) is 0 Å². The Morgan fingerprint density at radius 1 is 0.305 bits per heavy atom. The highest BCUT2D eigenvalue weighted by Crippen LogP contribution is 2.51. The molecular weight excluding hydrogens is 713 g/mol. The lowest BCUT2D eigenvalue weighted by atomic mass is 9.81. The van der Waals surface area contributed by atoms with Gasteiger partial charge in [-0.1, -0.05) is 184 Å². The van der Waals surface area contributed by atoms with Gasteiger partial charge in [-0.3, -0.25) is 0 Å². The normalized spacial score (nSPS) is 12.7. The lowest BCUT2D eigenvalue weighted by molar-refractivity contribution is 0.661. The minimum Gasteiger partial charge on any atom is -0.228 e. The third kappa shape index (κ3) is 5.96. The van der Waals surface area contributed by atoms with Crippen molar-refractivity contribution in [1.29, 1.82) is 0 Å². The Kier molecular flexibility index (Phi) is 8.20. The molecule has 0 atom stereocenters. The van der Waals surface area contributed by atoms with Crippen LogP contribution in [0.2, 0.25) is 0 Å². The molecule has 0 fully saturated rings. The molecule has 0 saturated carbocycles. The summed E-state index contributed by atoms with van der Waals surface area (Å²) in [6, 6.07) is 74.3. The van der Waals surface area contributed by atoms with Crippen molar-refractivity contribution in [2.45, 2.75) is 19.3 Å².